The Labute approximate surface area is 154 Å². The number of hydrogen-bond donors (Lipinski definition) is 1. The van der Waals surface area contributed by atoms with Gasteiger partial charge in [-0.2, -0.15) is 0 Å². The number of carbonyl (C=O) groups excluding carboxylic acids is 2. The van der Waals surface area contributed by atoms with E-state index in [2.05, 4.69) is 10.1 Å². The summed E-state index contributed by atoms with van der Waals surface area (Å²) in [5.74, 6) is -0.878. The molecule has 140 valence electrons. The fraction of sp³-hybridized carbons (Fsp3) is 0.429. The summed E-state index contributed by atoms with van der Waals surface area (Å²) in [5.41, 5.74) is 0.237. The molecule has 0 saturated heterocycles. The quantitative estimate of drug-likeness (QED) is 0.541. The minimum absolute atomic E-state index is 0.0236. The minimum Gasteiger partial charge on any atom is -0.438 e. The molecule has 0 saturated carbocycles. The molecule has 1 N–H and O–H groups in total. The van der Waals surface area contributed by atoms with E-state index in [1.54, 1.807) is 0 Å². The summed E-state index contributed by atoms with van der Waals surface area (Å²) < 4.78 is 45.8. The van der Waals surface area contributed by atoms with Gasteiger partial charge in [0.05, 0.1) is 18.0 Å². The summed E-state index contributed by atoms with van der Waals surface area (Å²) >= 11 is 10.8. The molecular formula is C14H16Cl2FNO6S. The highest BCUT2D eigenvalue weighted by Crippen LogP contribution is 2.25. The Morgan fingerprint density at radius 1 is 1.24 bits per heavy atom. The molecule has 1 rings (SSSR count). The lowest BCUT2D eigenvalue weighted by Crippen LogP contribution is -2.44. The van der Waals surface area contributed by atoms with Gasteiger partial charge in [-0.3, -0.25) is 4.79 Å². The third-order valence-electron chi connectivity index (χ3n) is 3.08. The Hall–Kier alpha value is -1.58. The average molecular weight is 416 g/mol. The van der Waals surface area contributed by atoms with Crippen molar-refractivity contribution in [3.63, 3.8) is 0 Å². The van der Waals surface area contributed by atoms with Crippen molar-refractivity contribution in [3.8, 4) is 0 Å². The Balaban J connectivity index is 3.18. The molecular weight excluding hydrogens is 400 g/mol. The SMILES string of the molecule is COC(=O)O[C@H](c1ccc(S(C)(=O)=O)cc1)[C@@H](CF)NC(=O)C(Cl)Cl. The van der Waals surface area contributed by atoms with Gasteiger partial charge in [0.15, 0.2) is 20.8 Å². The number of benzene rings is 1. The molecule has 0 aromatic heterocycles. The third-order valence-corrected chi connectivity index (χ3v) is 4.61. The largest absolute Gasteiger partial charge is 0.508 e. The summed E-state index contributed by atoms with van der Waals surface area (Å²) in [5, 5.41) is 2.21. The second kappa shape index (κ2) is 9.21. The van der Waals surface area contributed by atoms with Crippen molar-refractivity contribution >= 4 is 45.1 Å². The molecule has 1 aromatic rings. The standard InChI is InChI=1S/C14H16Cl2FNO6S/c1-23-14(20)24-11(10(7-17)18-13(19)12(15)16)8-3-5-9(6-4-8)25(2,21)22/h3-6,10-12H,7H2,1-2H3,(H,18,19)/t10-,11-/m1/s1. The van der Waals surface area contributed by atoms with Crippen molar-refractivity contribution in [3.05, 3.63) is 29.8 Å². The van der Waals surface area contributed by atoms with E-state index >= 15 is 0 Å². The second-order valence-electron chi connectivity index (χ2n) is 4.90. The summed E-state index contributed by atoms with van der Waals surface area (Å²) in [6.07, 6.45) is -1.38. The Bertz CT molecular complexity index is 711. The van der Waals surface area contributed by atoms with Crippen LogP contribution in [0.25, 0.3) is 0 Å². The van der Waals surface area contributed by atoms with Crippen LogP contribution >= 0.6 is 23.2 Å². The molecule has 0 bridgehead atoms. The monoisotopic (exact) mass is 415 g/mol. The second-order valence-corrected chi connectivity index (χ2v) is 8.02. The van der Waals surface area contributed by atoms with Crippen LogP contribution < -0.4 is 5.32 Å². The molecule has 0 aliphatic carbocycles. The van der Waals surface area contributed by atoms with E-state index in [9.17, 15) is 22.4 Å². The first kappa shape index (κ1) is 21.5. The van der Waals surface area contributed by atoms with Gasteiger partial charge in [0.1, 0.15) is 6.67 Å². The molecule has 0 spiro atoms. The van der Waals surface area contributed by atoms with Crippen molar-refractivity contribution < 1.29 is 31.9 Å². The predicted molar refractivity (Wildman–Crippen MR) is 89.2 cm³/mol. The molecule has 7 nitrogen and oxygen atoms in total. The number of sulfone groups is 1. The van der Waals surface area contributed by atoms with Crippen LogP contribution in [-0.4, -0.2) is 51.4 Å². The summed E-state index contributed by atoms with van der Waals surface area (Å²) in [6, 6.07) is 3.88. The number of methoxy groups -OCH3 is 1. The zero-order valence-electron chi connectivity index (χ0n) is 13.2. The summed E-state index contributed by atoms with van der Waals surface area (Å²) in [7, 11) is -2.38. The normalized spacial score (nSPS) is 13.8. The van der Waals surface area contributed by atoms with Gasteiger partial charge in [0.25, 0.3) is 5.91 Å². The van der Waals surface area contributed by atoms with E-state index in [4.69, 9.17) is 27.9 Å². The maximum atomic E-state index is 13.4. The Kier molecular flexibility index (Phi) is 7.91. The maximum absolute atomic E-state index is 13.4. The molecule has 0 aliphatic heterocycles. The first-order valence-corrected chi connectivity index (χ1v) is 9.55. The van der Waals surface area contributed by atoms with Gasteiger partial charge < -0.3 is 14.8 Å². The third kappa shape index (κ3) is 6.33. The summed E-state index contributed by atoms with van der Waals surface area (Å²) in [4.78, 5) is 21.6. The molecule has 0 aliphatic rings. The average Bonchev–Trinajstić information content (AvgIpc) is 2.56. The number of nitrogens with one attached hydrogen (secondary N) is 1. The highest BCUT2D eigenvalue weighted by atomic mass is 35.5. The number of halogens is 3. The van der Waals surface area contributed by atoms with Crippen molar-refractivity contribution in [2.24, 2.45) is 0 Å². The van der Waals surface area contributed by atoms with Crippen LogP contribution in [-0.2, 0) is 24.1 Å². The number of amides is 1. The molecule has 25 heavy (non-hydrogen) atoms. The minimum atomic E-state index is -3.44. The van der Waals surface area contributed by atoms with Crippen LogP contribution in [0.3, 0.4) is 0 Å². The Morgan fingerprint density at radius 2 is 1.80 bits per heavy atom. The molecule has 2 atom stereocenters. The molecule has 0 unspecified atom stereocenters. The molecule has 1 amide bonds. The van der Waals surface area contributed by atoms with Gasteiger partial charge >= 0.3 is 6.16 Å². The van der Waals surface area contributed by atoms with E-state index in [0.717, 1.165) is 13.4 Å². The van der Waals surface area contributed by atoms with Crippen molar-refractivity contribution in [2.45, 2.75) is 21.9 Å². The number of ether oxygens (including phenoxy) is 2. The van der Waals surface area contributed by atoms with Gasteiger partial charge in [0, 0.05) is 6.26 Å². The number of alkyl halides is 3. The van der Waals surface area contributed by atoms with Gasteiger partial charge in [-0.1, -0.05) is 35.3 Å². The topological polar surface area (TPSA) is 98.8 Å². The van der Waals surface area contributed by atoms with E-state index in [-0.39, 0.29) is 10.5 Å². The lowest BCUT2D eigenvalue weighted by molar-refractivity contribution is -0.121. The van der Waals surface area contributed by atoms with Crippen LogP contribution in [0.1, 0.15) is 11.7 Å². The smallest absolute Gasteiger partial charge is 0.438 e. The zero-order chi connectivity index (χ0) is 19.2. The van der Waals surface area contributed by atoms with Crippen LogP contribution in [0, 0.1) is 0 Å². The van der Waals surface area contributed by atoms with E-state index in [1.165, 1.54) is 24.3 Å². The molecule has 0 heterocycles. The van der Waals surface area contributed by atoms with Gasteiger partial charge in [-0.15, -0.1) is 0 Å². The summed E-state index contributed by atoms with van der Waals surface area (Å²) in [6.45, 7) is -1.11. The number of carbonyl (C=O) groups is 2. The number of hydrogen-bond acceptors (Lipinski definition) is 6. The van der Waals surface area contributed by atoms with Gasteiger partial charge in [-0.25, -0.2) is 17.6 Å². The van der Waals surface area contributed by atoms with Crippen LogP contribution in [0.2, 0.25) is 0 Å². The Morgan fingerprint density at radius 3 is 2.20 bits per heavy atom. The highest BCUT2D eigenvalue weighted by Gasteiger charge is 2.30. The van der Waals surface area contributed by atoms with Crippen molar-refractivity contribution in [1.29, 1.82) is 0 Å². The predicted octanol–water partition coefficient (Wildman–Crippen LogP) is 2.17. The van der Waals surface area contributed by atoms with Crippen molar-refractivity contribution in [1.82, 2.24) is 5.32 Å². The molecule has 11 heteroatoms. The lowest BCUT2D eigenvalue weighted by atomic mass is 10.0. The fourth-order valence-corrected chi connectivity index (χ4v) is 2.64. The van der Waals surface area contributed by atoms with Crippen LogP contribution in [0.15, 0.2) is 29.2 Å². The van der Waals surface area contributed by atoms with E-state index in [1.807, 2.05) is 0 Å². The fourth-order valence-electron chi connectivity index (χ4n) is 1.88. The first-order chi connectivity index (χ1) is 11.6. The number of rotatable bonds is 7. The first-order valence-electron chi connectivity index (χ1n) is 6.79. The van der Waals surface area contributed by atoms with Crippen LogP contribution in [0.4, 0.5) is 9.18 Å². The zero-order valence-corrected chi connectivity index (χ0v) is 15.6. The lowest BCUT2D eigenvalue weighted by Gasteiger charge is -2.26. The molecule has 1 aromatic carbocycles. The maximum Gasteiger partial charge on any atom is 0.508 e. The van der Waals surface area contributed by atoms with Gasteiger partial charge in [0.2, 0.25) is 0 Å². The molecule has 0 fully saturated rings. The highest BCUT2D eigenvalue weighted by molar-refractivity contribution is 7.90. The van der Waals surface area contributed by atoms with Gasteiger partial charge in [-0.05, 0) is 17.7 Å². The van der Waals surface area contributed by atoms with Crippen molar-refractivity contribution in [2.75, 3.05) is 20.0 Å². The molecule has 0 radical (unpaired) electrons. The van der Waals surface area contributed by atoms with Crippen LogP contribution in [0.5, 0.6) is 0 Å². The van der Waals surface area contributed by atoms with E-state index in [0.29, 0.717) is 0 Å². The van der Waals surface area contributed by atoms with E-state index < -0.39 is 45.6 Å².